The predicted octanol–water partition coefficient (Wildman–Crippen LogP) is 4.72. The van der Waals surface area contributed by atoms with Crippen molar-refractivity contribution in [1.82, 2.24) is 10.2 Å². The lowest BCUT2D eigenvalue weighted by Gasteiger charge is -2.33. The molecule has 2 aromatic carbocycles. The summed E-state index contributed by atoms with van der Waals surface area (Å²) in [4.78, 5) is 14.6. The summed E-state index contributed by atoms with van der Waals surface area (Å²) in [6.07, 6.45) is 0.844. The molecule has 0 bridgehead atoms. The Balaban J connectivity index is 1.56. The van der Waals surface area contributed by atoms with E-state index in [-0.39, 0.29) is 12.0 Å². The minimum atomic E-state index is -0.162. The van der Waals surface area contributed by atoms with Gasteiger partial charge in [0.05, 0.1) is 17.2 Å². The van der Waals surface area contributed by atoms with Crippen molar-refractivity contribution in [3.05, 3.63) is 63.1 Å². The second-order valence-corrected chi connectivity index (χ2v) is 8.36. The Bertz CT molecular complexity index is 858. The van der Waals surface area contributed by atoms with E-state index in [4.69, 9.17) is 32.7 Å². The van der Waals surface area contributed by atoms with E-state index >= 15 is 0 Å². The maximum Gasteiger partial charge on any atom is 0.252 e. The van der Waals surface area contributed by atoms with Crippen LogP contribution in [0.25, 0.3) is 0 Å². The van der Waals surface area contributed by atoms with Gasteiger partial charge < -0.3 is 14.8 Å². The molecule has 0 radical (unpaired) electrons. The van der Waals surface area contributed by atoms with Gasteiger partial charge in [0.15, 0.2) is 0 Å². The van der Waals surface area contributed by atoms with Crippen LogP contribution < -0.4 is 10.1 Å². The molecule has 0 spiro atoms. The zero-order valence-electron chi connectivity index (χ0n) is 17.4. The number of halogens is 2. The van der Waals surface area contributed by atoms with Crippen LogP contribution in [0.4, 0.5) is 0 Å². The van der Waals surface area contributed by atoms with Gasteiger partial charge in [-0.25, -0.2) is 0 Å². The summed E-state index contributed by atoms with van der Waals surface area (Å²) in [5.41, 5.74) is 2.56. The van der Waals surface area contributed by atoms with E-state index in [1.54, 1.807) is 12.1 Å². The Morgan fingerprint density at radius 1 is 1.27 bits per heavy atom. The molecule has 7 heteroatoms. The minimum Gasteiger partial charge on any atom is -0.491 e. The van der Waals surface area contributed by atoms with Gasteiger partial charge in [0.2, 0.25) is 0 Å². The summed E-state index contributed by atoms with van der Waals surface area (Å²) < 4.78 is 11.9. The fourth-order valence-electron chi connectivity index (χ4n) is 3.38. The van der Waals surface area contributed by atoms with Crippen molar-refractivity contribution in [2.75, 3.05) is 32.8 Å². The van der Waals surface area contributed by atoms with Crippen LogP contribution in [0.5, 0.6) is 5.75 Å². The molecule has 0 aliphatic carbocycles. The quantitative estimate of drug-likeness (QED) is 0.631. The van der Waals surface area contributed by atoms with Crippen molar-refractivity contribution in [3.8, 4) is 5.75 Å². The van der Waals surface area contributed by atoms with E-state index in [2.05, 4.69) is 10.2 Å². The van der Waals surface area contributed by atoms with Crippen LogP contribution in [0.3, 0.4) is 0 Å². The second kappa shape index (κ2) is 11.0. The molecule has 0 saturated carbocycles. The number of nitrogens with one attached hydrogen (secondary N) is 1. The van der Waals surface area contributed by atoms with E-state index in [9.17, 15) is 4.79 Å². The Morgan fingerprint density at radius 2 is 2.03 bits per heavy atom. The summed E-state index contributed by atoms with van der Waals surface area (Å²) in [6.45, 7) is 8.15. The first-order chi connectivity index (χ1) is 14.5. The van der Waals surface area contributed by atoms with Crippen LogP contribution in [0, 0.1) is 6.92 Å². The van der Waals surface area contributed by atoms with Gasteiger partial charge in [-0.15, -0.1) is 0 Å². The van der Waals surface area contributed by atoms with Gasteiger partial charge in [-0.2, -0.15) is 0 Å². The van der Waals surface area contributed by atoms with Crippen LogP contribution >= 0.6 is 23.2 Å². The average Bonchev–Trinajstić information content (AvgIpc) is 2.74. The van der Waals surface area contributed by atoms with Gasteiger partial charge in [-0.1, -0.05) is 42.3 Å². The predicted molar refractivity (Wildman–Crippen MR) is 121 cm³/mol. The number of ether oxygens (including phenoxy) is 2. The Labute approximate surface area is 188 Å². The number of morpholine rings is 1. The Hall–Kier alpha value is -1.79. The first kappa shape index (κ1) is 22.9. The molecule has 1 amide bonds. The molecule has 1 saturated heterocycles. The summed E-state index contributed by atoms with van der Waals surface area (Å²) in [5.74, 6) is 0.510. The lowest BCUT2D eigenvalue weighted by Crippen LogP contribution is -2.44. The molecular formula is C23H28Cl2N2O3. The summed E-state index contributed by atoms with van der Waals surface area (Å²) in [6, 6.07) is 11.4. The van der Waals surface area contributed by atoms with E-state index in [1.807, 2.05) is 38.1 Å². The summed E-state index contributed by atoms with van der Waals surface area (Å²) in [5, 5.41) is 3.98. The minimum absolute atomic E-state index is 0.0308. The third-order valence-electron chi connectivity index (χ3n) is 5.01. The molecule has 162 valence electrons. The number of carbonyl (C=O) groups is 1. The third-order valence-corrected chi connectivity index (χ3v) is 5.58. The lowest BCUT2D eigenvalue weighted by atomic mass is 10.1. The molecule has 1 fully saturated rings. The Kier molecular flexibility index (Phi) is 8.40. The van der Waals surface area contributed by atoms with Gasteiger partial charge >= 0.3 is 0 Å². The van der Waals surface area contributed by atoms with Gasteiger partial charge in [-0.3, -0.25) is 9.69 Å². The number of benzene rings is 2. The van der Waals surface area contributed by atoms with Crippen LogP contribution in [-0.2, 0) is 11.3 Å². The second-order valence-electron chi connectivity index (χ2n) is 7.52. The summed E-state index contributed by atoms with van der Waals surface area (Å²) >= 11 is 12.3. The SMILES string of the molecule is CCCNC(=O)c1cc(C)c(OCC2CN(Cc3ccc(Cl)cc3)CCO2)cc1Cl. The van der Waals surface area contributed by atoms with E-state index < -0.39 is 0 Å². The van der Waals surface area contributed by atoms with Crippen molar-refractivity contribution < 1.29 is 14.3 Å². The standard InChI is InChI=1S/C23H28Cl2N2O3/c1-3-8-26-23(28)20-11-16(2)22(12-21(20)25)30-15-19-14-27(9-10-29-19)13-17-4-6-18(24)7-5-17/h4-7,11-12,19H,3,8-10,13-15H2,1-2H3,(H,26,28). The van der Waals surface area contributed by atoms with E-state index in [1.165, 1.54) is 5.56 Å². The maximum absolute atomic E-state index is 12.2. The number of carbonyl (C=O) groups excluding carboxylic acids is 1. The number of aryl methyl sites for hydroxylation is 1. The zero-order chi connectivity index (χ0) is 21.5. The average molecular weight is 451 g/mol. The number of nitrogens with zero attached hydrogens (tertiary/aromatic N) is 1. The molecule has 1 aliphatic rings. The largest absolute Gasteiger partial charge is 0.491 e. The van der Waals surface area contributed by atoms with Crippen molar-refractivity contribution in [3.63, 3.8) is 0 Å². The number of amides is 1. The van der Waals surface area contributed by atoms with Gasteiger partial charge in [0, 0.05) is 31.2 Å². The fraction of sp³-hybridized carbons (Fsp3) is 0.435. The molecule has 1 atom stereocenters. The summed E-state index contributed by atoms with van der Waals surface area (Å²) in [7, 11) is 0. The maximum atomic E-state index is 12.2. The Morgan fingerprint density at radius 3 is 2.77 bits per heavy atom. The number of hydrogen-bond donors (Lipinski definition) is 1. The molecule has 1 heterocycles. The molecule has 1 aliphatic heterocycles. The number of rotatable bonds is 8. The van der Waals surface area contributed by atoms with Crippen molar-refractivity contribution >= 4 is 29.1 Å². The third kappa shape index (κ3) is 6.35. The first-order valence-corrected chi connectivity index (χ1v) is 11.0. The topological polar surface area (TPSA) is 50.8 Å². The molecular weight excluding hydrogens is 423 g/mol. The molecule has 2 aromatic rings. The first-order valence-electron chi connectivity index (χ1n) is 10.3. The van der Waals surface area contributed by atoms with Gasteiger partial charge in [-0.05, 0) is 48.7 Å². The molecule has 1 N–H and O–H groups in total. The highest BCUT2D eigenvalue weighted by Gasteiger charge is 2.22. The van der Waals surface area contributed by atoms with Crippen LogP contribution in [-0.4, -0.2) is 49.8 Å². The molecule has 5 nitrogen and oxygen atoms in total. The molecule has 30 heavy (non-hydrogen) atoms. The lowest BCUT2D eigenvalue weighted by molar-refractivity contribution is -0.0505. The van der Waals surface area contributed by atoms with Crippen LogP contribution in [0.15, 0.2) is 36.4 Å². The smallest absolute Gasteiger partial charge is 0.252 e. The van der Waals surface area contributed by atoms with Crippen molar-refractivity contribution in [2.24, 2.45) is 0 Å². The van der Waals surface area contributed by atoms with Crippen LogP contribution in [0.2, 0.25) is 10.0 Å². The van der Waals surface area contributed by atoms with Crippen molar-refractivity contribution in [1.29, 1.82) is 0 Å². The highest BCUT2D eigenvalue weighted by Crippen LogP contribution is 2.27. The highest BCUT2D eigenvalue weighted by molar-refractivity contribution is 6.34. The highest BCUT2D eigenvalue weighted by atomic mass is 35.5. The van der Waals surface area contributed by atoms with E-state index in [0.717, 1.165) is 36.6 Å². The van der Waals surface area contributed by atoms with Crippen molar-refractivity contribution in [2.45, 2.75) is 32.9 Å². The molecule has 0 aromatic heterocycles. The zero-order valence-corrected chi connectivity index (χ0v) is 18.9. The van der Waals surface area contributed by atoms with Gasteiger partial charge in [0.25, 0.3) is 5.91 Å². The number of hydrogen-bond acceptors (Lipinski definition) is 4. The van der Waals surface area contributed by atoms with Gasteiger partial charge in [0.1, 0.15) is 18.5 Å². The molecule has 3 rings (SSSR count). The monoisotopic (exact) mass is 450 g/mol. The van der Waals surface area contributed by atoms with E-state index in [0.29, 0.717) is 36.1 Å². The molecule has 1 unspecified atom stereocenters. The van der Waals surface area contributed by atoms with Crippen LogP contribution in [0.1, 0.15) is 34.8 Å². The normalized spacial score (nSPS) is 17.0. The fourth-order valence-corrected chi connectivity index (χ4v) is 3.75.